The Morgan fingerprint density at radius 1 is 1.29 bits per heavy atom. The molecule has 3 heteroatoms. The molecule has 0 spiro atoms. The van der Waals surface area contributed by atoms with Crippen molar-refractivity contribution >= 4 is 28.7 Å². The number of anilines is 1. The number of thiocarbonyl (C=S) groups is 1. The van der Waals surface area contributed by atoms with E-state index in [1.807, 2.05) is 38.1 Å². The highest BCUT2D eigenvalue weighted by Gasteiger charge is 2.38. The van der Waals surface area contributed by atoms with E-state index in [2.05, 4.69) is 5.32 Å². The summed E-state index contributed by atoms with van der Waals surface area (Å²) in [7, 11) is 0. The molecule has 14 heavy (non-hydrogen) atoms. The molecule has 1 aromatic carbocycles. The maximum Gasteiger partial charge on any atom is 0.235 e. The Labute approximate surface area is 88.3 Å². The topological polar surface area (TPSA) is 29.1 Å². The Kier molecular flexibility index (Phi) is 1.93. The Hall–Kier alpha value is -1.22. The minimum atomic E-state index is -0.580. The average Bonchev–Trinajstić information content (AvgIpc) is 2.15. The van der Waals surface area contributed by atoms with Gasteiger partial charge in [-0.3, -0.25) is 4.79 Å². The molecule has 1 aromatic rings. The van der Waals surface area contributed by atoms with Crippen LogP contribution in [-0.4, -0.2) is 10.8 Å². The van der Waals surface area contributed by atoms with Gasteiger partial charge in [0.25, 0.3) is 0 Å². The highest BCUT2D eigenvalue weighted by Crippen LogP contribution is 2.33. The molecule has 1 heterocycles. The number of carbonyl (C=O) groups is 1. The van der Waals surface area contributed by atoms with Crippen LogP contribution in [0.5, 0.6) is 0 Å². The smallest absolute Gasteiger partial charge is 0.235 e. The summed E-state index contributed by atoms with van der Waals surface area (Å²) in [4.78, 5) is 12.4. The van der Waals surface area contributed by atoms with Gasteiger partial charge in [0.2, 0.25) is 5.91 Å². The molecule has 0 aromatic heterocycles. The molecule has 0 fully saturated rings. The van der Waals surface area contributed by atoms with Gasteiger partial charge in [-0.2, -0.15) is 0 Å². The lowest BCUT2D eigenvalue weighted by molar-refractivity contribution is -0.121. The first-order chi connectivity index (χ1) is 6.53. The number of para-hydroxylation sites is 1. The first kappa shape index (κ1) is 9.34. The van der Waals surface area contributed by atoms with Crippen molar-refractivity contribution in [3.63, 3.8) is 0 Å². The van der Waals surface area contributed by atoms with E-state index in [1.54, 1.807) is 0 Å². The van der Waals surface area contributed by atoms with E-state index in [0.29, 0.717) is 0 Å². The molecular formula is C11H11NOS. The molecule has 2 nitrogen and oxygen atoms in total. The van der Waals surface area contributed by atoms with Gasteiger partial charge < -0.3 is 5.32 Å². The Morgan fingerprint density at radius 2 is 1.93 bits per heavy atom. The van der Waals surface area contributed by atoms with Gasteiger partial charge in [-0.1, -0.05) is 30.4 Å². The molecule has 0 aliphatic carbocycles. The zero-order chi connectivity index (χ0) is 10.3. The third kappa shape index (κ3) is 1.16. The standard InChI is InChI=1S/C11H11NOS/c1-11(2)9(14)7-5-3-4-6-8(7)12-10(11)13/h3-6H,1-2H3,(H,12,13). The number of amides is 1. The lowest BCUT2D eigenvalue weighted by Gasteiger charge is -2.31. The van der Waals surface area contributed by atoms with Crippen molar-refractivity contribution < 1.29 is 4.79 Å². The molecule has 1 aliphatic rings. The summed E-state index contributed by atoms with van der Waals surface area (Å²) in [5, 5.41) is 2.85. The maximum atomic E-state index is 11.7. The Bertz CT molecular complexity index is 423. The molecule has 0 atom stereocenters. The highest BCUT2D eigenvalue weighted by molar-refractivity contribution is 7.81. The van der Waals surface area contributed by atoms with Gasteiger partial charge in [-0.25, -0.2) is 0 Å². The number of rotatable bonds is 0. The normalized spacial score (nSPS) is 18.7. The summed E-state index contributed by atoms with van der Waals surface area (Å²) >= 11 is 5.31. The van der Waals surface area contributed by atoms with Crippen LogP contribution < -0.4 is 5.32 Å². The van der Waals surface area contributed by atoms with Gasteiger partial charge in [0.1, 0.15) is 0 Å². The minimum Gasteiger partial charge on any atom is -0.325 e. The SMILES string of the molecule is CC1(C)C(=O)Nc2ccccc2C1=S. The van der Waals surface area contributed by atoms with Gasteiger partial charge in [-0.05, 0) is 19.9 Å². The predicted octanol–water partition coefficient (Wildman–Crippen LogP) is 2.38. The van der Waals surface area contributed by atoms with E-state index in [4.69, 9.17) is 12.2 Å². The number of hydrogen-bond acceptors (Lipinski definition) is 2. The van der Waals surface area contributed by atoms with Crippen molar-refractivity contribution in [1.82, 2.24) is 0 Å². The second kappa shape index (κ2) is 2.89. The number of fused-ring (bicyclic) bond motifs is 1. The highest BCUT2D eigenvalue weighted by atomic mass is 32.1. The van der Waals surface area contributed by atoms with Crippen molar-refractivity contribution in [2.45, 2.75) is 13.8 Å². The van der Waals surface area contributed by atoms with Crippen LogP contribution in [0.4, 0.5) is 5.69 Å². The van der Waals surface area contributed by atoms with Gasteiger partial charge in [0.05, 0.1) is 5.41 Å². The lowest BCUT2D eigenvalue weighted by Crippen LogP contribution is -2.41. The summed E-state index contributed by atoms with van der Waals surface area (Å²) in [6, 6.07) is 7.63. The molecule has 72 valence electrons. The second-order valence-corrected chi connectivity index (χ2v) is 4.36. The van der Waals surface area contributed by atoms with E-state index in [1.165, 1.54) is 0 Å². The van der Waals surface area contributed by atoms with Crippen LogP contribution >= 0.6 is 12.2 Å². The quantitative estimate of drug-likeness (QED) is 0.659. The molecule has 1 N–H and O–H groups in total. The van der Waals surface area contributed by atoms with Gasteiger partial charge >= 0.3 is 0 Å². The maximum absolute atomic E-state index is 11.7. The first-order valence-electron chi connectivity index (χ1n) is 4.49. The van der Waals surface area contributed by atoms with Gasteiger partial charge in [-0.15, -0.1) is 0 Å². The number of hydrogen-bond donors (Lipinski definition) is 1. The molecular weight excluding hydrogens is 194 g/mol. The average molecular weight is 205 g/mol. The lowest BCUT2D eigenvalue weighted by atomic mass is 9.81. The predicted molar refractivity (Wildman–Crippen MR) is 60.6 cm³/mol. The third-order valence-electron chi connectivity index (χ3n) is 2.56. The molecule has 1 aliphatic heterocycles. The van der Waals surface area contributed by atoms with Gasteiger partial charge in [0, 0.05) is 16.1 Å². The van der Waals surface area contributed by atoms with Crippen molar-refractivity contribution in [2.24, 2.45) is 5.41 Å². The van der Waals surface area contributed by atoms with Crippen LogP contribution in [0.2, 0.25) is 0 Å². The van der Waals surface area contributed by atoms with Crippen LogP contribution in [0, 0.1) is 5.41 Å². The summed E-state index contributed by atoms with van der Waals surface area (Å²) in [5.41, 5.74) is 1.21. The van der Waals surface area contributed by atoms with Crippen LogP contribution in [0.25, 0.3) is 0 Å². The van der Waals surface area contributed by atoms with Crippen LogP contribution in [0.3, 0.4) is 0 Å². The molecule has 1 amide bonds. The fourth-order valence-electron chi connectivity index (χ4n) is 1.51. The van der Waals surface area contributed by atoms with Crippen LogP contribution in [0.15, 0.2) is 24.3 Å². The van der Waals surface area contributed by atoms with E-state index in [0.717, 1.165) is 16.1 Å². The third-order valence-corrected chi connectivity index (χ3v) is 3.29. The number of nitrogens with one attached hydrogen (secondary N) is 1. The van der Waals surface area contributed by atoms with E-state index in [9.17, 15) is 4.79 Å². The molecule has 0 unspecified atom stereocenters. The molecule has 2 rings (SSSR count). The summed E-state index contributed by atoms with van der Waals surface area (Å²) < 4.78 is 0. The minimum absolute atomic E-state index is 0.0267. The van der Waals surface area contributed by atoms with Crippen molar-refractivity contribution in [3.05, 3.63) is 29.8 Å². The van der Waals surface area contributed by atoms with Crippen LogP contribution in [-0.2, 0) is 4.79 Å². The molecule has 0 bridgehead atoms. The largest absolute Gasteiger partial charge is 0.325 e. The van der Waals surface area contributed by atoms with Crippen molar-refractivity contribution in [1.29, 1.82) is 0 Å². The van der Waals surface area contributed by atoms with Crippen molar-refractivity contribution in [2.75, 3.05) is 5.32 Å². The van der Waals surface area contributed by atoms with E-state index in [-0.39, 0.29) is 5.91 Å². The molecule has 0 radical (unpaired) electrons. The summed E-state index contributed by atoms with van der Waals surface area (Å²) in [5.74, 6) is -0.0267. The fraction of sp³-hybridized carbons (Fsp3) is 0.273. The van der Waals surface area contributed by atoms with Crippen molar-refractivity contribution in [3.8, 4) is 0 Å². The molecule has 0 saturated carbocycles. The zero-order valence-corrected chi connectivity index (χ0v) is 8.94. The number of benzene rings is 1. The van der Waals surface area contributed by atoms with E-state index < -0.39 is 5.41 Å². The molecule has 0 saturated heterocycles. The van der Waals surface area contributed by atoms with Crippen LogP contribution in [0.1, 0.15) is 19.4 Å². The second-order valence-electron chi connectivity index (χ2n) is 3.95. The number of carbonyl (C=O) groups excluding carboxylic acids is 1. The Balaban J connectivity index is 2.61. The van der Waals surface area contributed by atoms with Gasteiger partial charge in [0.15, 0.2) is 0 Å². The first-order valence-corrected chi connectivity index (χ1v) is 4.89. The zero-order valence-electron chi connectivity index (χ0n) is 8.13. The summed E-state index contributed by atoms with van der Waals surface area (Å²) in [6.45, 7) is 3.70. The Morgan fingerprint density at radius 3 is 2.64 bits per heavy atom. The summed E-state index contributed by atoms with van der Waals surface area (Å²) in [6.07, 6.45) is 0. The monoisotopic (exact) mass is 205 g/mol. The van der Waals surface area contributed by atoms with E-state index >= 15 is 0 Å². The fourth-order valence-corrected chi connectivity index (χ4v) is 1.78.